The maximum absolute atomic E-state index is 12.4. The van der Waals surface area contributed by atoms with Gasteiger partial charge in [-0.25, -0.2) is 0 Å². The van der Waals surface area contributed by atoms with E-state index in [2.05, 4.69) is 55.1 Å². The van der Waals surface area contributed by atoms with Crippen LogP contribution in [0, 0.1) is 0 Å². The van der Waals surface area contributed by atoms with Crippen LogP contribution < -0.4 is 5.32 Å². The minimum absolute atomic E-state index is 0.0309. The third-order valence-electron chi connectivity index (χ3n) is 5.48. The van der Waals surface area contributed by atoms with Gasteiger partial charge in [0.15, 0.2) is 8.32 Å². The highest BCUT2D eigenvalue weighted by Gasteiger charge is 2.43. The van der Waals surface area contributed by atoms with E-state index >= 15 is 0 Å². The highest BCUT2D eigenvalue weighted by molar-refractivity contribution is 9.10. The van der Waals surface area contributed by atoms with Gasteiger partial charge < -0.3 is 14.5 Å². The van der Waals surface area contributed by atoms with Crippen molar-refractivity contribution in [2.75, 3.05) is 13.7 Å². The summed E-state index contributed by atoms with van der Waals surface area (Å²) < 4.78 is 12.6. The summed E-state index contributed by atoms with van der Waals surface area (Å²) in [4.78, 5) is 12.4. The number of esters is 1. The quantitative estimate of drug-likeness (QED) is 0.556. The summed E-state index contributed by atoms with van der Waals surface area (Å²) in [5.74, 6) is -0.515. The van der Waals surface area contributed by atoms with E-state index in [0.717, 1.165) is 23.0 Å². The smallest absolute Gasteiger partial charge is 0.314 e. The molecule has 1 aliphatic rings. The van der Waals surface area contributed by atoms with Gasteiger partial charge in [0.1, 0.15) is 0 Å². The molecule has 1 aromatic carbocycles. The molecule has 4 nitrogen and oxygen atoms in total. The molecule has 0 spiro atoms. The number of carbonyl (C=O) groups is 1. The van der Waals surface area contributed by atoms with Gasteiger partial charge >= 0.3 is 5.97 Å². The molecule has 25 heavy (non-hydrogen) atoms. The van der Waals surface area contributed by atoms with Crippen LogP contribution in [0.2, 0.25) is 18.1 Å². The third-order valence-corrected chi connectivity index (χ3v) is 10.5. The summed E-state index contributed by atoms with van der Waals surface area (Å²) in [6, 6.07) is 7.92. The van der Waals surface area contributed by atoms with Crippen LogP contribution in [0.15, 0.2) is 28.7 Å². The molecule has 1 heterocycles. The molecule has 1 saturated heterocycles. The van der Waals surface area contributed by atoms with Crippen molar-refractivity contribution in [1.82, 2.24) is 5.32 Å². The number of ether oxygens (including phenoxy) is 1. The lowest BCUT2D eigenvalue weighted by atomic mass is 9.90. The molecule has 6 heteroatoms. The number of rotatable bonds is 5. The summed E-state index contributed by atoms with van der Waals surface area (Å²) in [7, 11) is -0.368. The Kier molecular flexibility index (Phi) is 6.52. The fourth-order valence-electron chi connectivity index (χ4n) is 3.00. The van der Waals surface area contributed by atoms with Crippen molar-refractivity contribution in [2.45, 2.75) is 63.4 Å². The summed E-state index contributed by atoms with van der Waals surface area (Å²) in [5, 5.41) is 3.67. The zero-order valence-electron chi connectivity index (χ0n) is 16.1. The summed E-state index contributed by atoms with van der Waals surface area (Å²) in [6.45, 7) is 12.1. The van der Waals surface area contributed by atoms with E-state index in [4.69, 9.17) is 9.16 Å². The number of nitrogens with one attached hydrogen (secondary N) is 1. The second-order valence-electron chi connectivity index (χ2n) is 8.30. The lowest BCUT2D eigenvalue weighted by Gasteiger charge is -2.38. The van der Waals surface area contributed by atoms with Crippen molar-refractivity contribution < 1.29 is 14.0 Å². The normalized spacial score (nSPS) is 22.7. The van der Waals surface area contributed by atoms with E-state index in [1.807, 2.05) is 24.3 Å². The van der Waals surface area contributed by atoms with Crippen LogP contribution in [0.3, 0.4) is 0 Å². The predicted molar refractivity (Wildman–Crippen MR) is 107 cm³/mol. The van der Waals surface area contributed by atoms with Crippen molar-refractivity contribution in [3.05, 3.63) is 34.3 Å². The van der Waals surface area contributed by atoms with E-state index < -0.39 is 8.32 Å². The molecule has 140 valence electrons. The molecule has 3 atom stereocenters. The molecule has 0 aliphatic carbocycles. The Bertz CT molecular complexity index is 598. The molecule has 2 rings (SSSR count). The number of hydrogen-bond acceptors (Lipinski definition) is 4. The van der Waals surface area contributed by atoms with Gasteiger partial charge in [-0.15, -0.1) is 0 Å². The van der Waals surface area contributed by atoms with Crippen molar-refractivity contribution in [3.8, 4) is 0 Å². The first-order valence-electron chi connectivity index (χ1n) is 8.79. The zero-order valence-corrected chi connectivity index (χ0v) is 18.6. The minimum atomic E-state index is -1.82. The maximum atomic E-state index is 12.4. The van der Waals surface area contributed by atoms with Crippen LogP contribution in [0.5, 0.6) is 0 Å². The van der Waals surface area contributed by atoms with Gasteiger partial charge in [0, 0.05) is 17.1 Å². The monoisotopic (exact) mass is 427 g/mol. The fraction of sp³-hybridized carbons (Fsp3) is 0.632. The molecule has 0 amide bonds. The van der Waals surface area contributed by atoms with Crippen LogP contribution >= 0.6 is 15.9 Å². The largest absolute Gasteiger partial charge is 0.469 e. The van der Waals surface area contributed by atoms with Crippen LogP contribution in [0.1, 0.15) is 38.7 Å². The molecular formula is C19H30BrNO3Si. The molecule has 1 N–H and O–H groups in total. The Labute approximate surface area is 160 Å². The molecular weight excluding hydrogens is 398 g/mol. The Morgan fingerprint density at radius 1 is 1.28 bits per heavy atom. The predicted octanol–water partition coefficient (Wildman–Crippen LogP) is 4.46. The number of methoxy groups -OCH3 is 1. The molecule has 0 aromatic heterocycles. The number of carbonyl (C=O) groups excluding carboxylic acids is 1. The third kappa shape index (κ3) is 4.93. The number of halogens is 1. The average molecular weight is 428 g/mol. The first kappa shape index (κ1) is 20.6. The lowest BCUT2D eigenvalue weighted by molar-refractivity contribution is -0.143. The van der Waals surface area contributed by atoms with Gasteiger partial charge in [-0.05, 0) is 42.2 Å². The van der Waals surface area contributed by atoms with Gasteiger partial charge in [0.2, 0.25) is 0 Å². The summed E-state index contributed by atoms with van der Waals surface area (Å²) in [6.07, 6.45) is 0.969. The van der Waals surface area contributed by atoms with Gasteiger partial charge in [-0.3, -0.25) is 4.79 Å². The van der Waals surface area contributed by atoms with Gasteiger partial charge in [-0.2, -0.15) is 0 Å². The molecule has 0 bridgehead atoms. The van der Waals surface area contributed by atoms with Crippen molar-refractivity contribution in [2.24, 2.45) is 0 Å². The molecule has 0 radical (unpaired) electrons. The topological polar surface area (TPSA) is 47.6 Å². The number of benzene rings is 1. The standard InChI is InChI=1S/C19H30BrNO3Si/c1-19(2,3)25(5,6)24-15-11-16(21-12-15)17(18(22)23-4)13-7-9-14(20)10-8-13/h7-10,15-17,21H,11-12H2,1-6H3/t15-,16+,17-/m1/s1. The van der Waals surface area contributed by atoms with E-state index in [-0.39, 0.29) is 29.1 Å². The van der Waals surface area contributed by atoms with Gasteiger partial charge in [-0.1, -0.05) is 48.8 Å². The lowest BCUT2D eigenvalue weighted by Crippen LogP contribution is -2.44. The van der Waals surface area contributed by atoms with E-state index in [1.165, 1.54) is 7.11 Å². The van der Waals surface area contributed by atoms with Crippen molar-refractivity contribution in [1.29, 1.82) is 0 Å². The molecule has 1 fully saturated rings. The molecule has 0 unspecified atom stereocenters. The van der Waals surface area contributed by atoms with Crippen molar-refractivity contribution >= 4 is 30.2 Å². The minimum Gasteiger partial charge on any atom is -0.469 e. The summed E-state index contributed by atoms with van der Waals surface area (Å²) >= 11 is 3.45. The van der Waals surface area contributed by atoms with Crippen molar-refractivity contribution in [3.63, 3.8) is 0 Å². The van der Waals surface area contributed by atoms with E-state index in [1.54, 1.807) is 0 Å². The van der Waals surface area contributed by atoms with Crippen LogP contribution in [-0.2, 0) is 14.0 Å². The van der Waals surface area contributed by atoms with Crippen LogP contribution in [-0.4, -0.2) is 40.1 Å². The average Bonchev–Trinajstić information content (AvgIpc) is 2.95. The molecule has 1 aliphatic heterocycles. The highest BCUT2D eigenvalue weighted by atomic mass is 79.9. The maximum Gasteiger partial charge on any atom is 0.314 e. The molecule has 0 saturated carbocycles. The Morgan fingerprint density at radius 3 is 2.40 bits per heavy atom. The molecule has 1 aromatic rings. The summed E-state index contributed by atoms with van der Waals surface area (Å²) in [5.41, 5.74) is 0.973. The number of hydrogen-bond donors (Lipinski definition) is 1. The first-order chi connectivity index (χ1) is 11.5. The van der Waals surface area contributed by atoms with Crippen LogP contribution in [0.4, 0.5) is 0 Å². The Balaban J connectivity index is 2.13. The van der Waals surface area contributed by atoms with Gasteiger partial charge in [0.25, 0.3) is 0 Å². The highest BCUT2D eigenvalue weighted by Crippen LogP contribution is 2.39. The van der Waals surface area contributed by atoms with E-state index in [9.17, 15) is 4.79 Å². The Morgan fingerprint density at radius 2 is 1.88 bits per heavy atom. The van der Waals surface area contributed by atoms with E-state index in [0.29, 0.717) is 0 Å². The van der Waals surface area contributed by atoms with Crippen LogP contribution in [0.25, 0.3) is 0 Å². The second kappa shape index (κ2) is 7.90. The zero-order chi connectivity index (χ0) is 18.8. The fourth-order valence-corrected chi connectivity index (χ4v) is 4.63. The first-order valence-corrected chi connectivity index (χ1v) is 12.5. The Hall–Kier alpha value is -0.693. The second-order valence-corrected chi connectivity index (χ2v) is 14.0. The SMILES string of the molecule is COC(=O)[C@H](c1ccc(Br)cc1)[C@@H]1C[C@@H](O[Si](C)(C)C(C)(C)C)CN1. The van der Waals surface area contributed by atoms with Gasteiger partial charge in [0.05, 0.1) is 19.1 Å².